The van der Waals surface area contributed by atoms with Crippen LogP contribution in [-0.2, 0) is 0 Å². The summed E-state index contributed by atoms with van der Waals surface area (Å²) in [6.45, 7) is 4.10. The maximum absolute atomic E-state index is 8.87. The summed E-state index contributed by atoms with van der Waals surface area (Å²) in [6.07, 6.45) is 2.28. The molecule has 3 rings (SSSR count). The zero-order valence-corrected chi connectivity index (χ0v) is 14.0. The van der Waals surface area contributed by atoms with Crippen molar-refractivity contribution >= 4 is 18.0 Å². The number of aromatic nitrogens is 1. The van der Waals surface area contributed by atoms with Crippen LogP contribution in [0, 0.1) is 18.3 Å². The Morgan fingerprint density at radius 3 is 2.57 bits per heavy atom. The van der Waals surface area contributed by atoms with E-state index in [9.17, 15) is 0 Å². The molecule has 0 spiro atoms. The highest BCUT2D eigenvalue weighted by Gasteiger charge is 2.21. The minimum atomic E-state index is 0.594. The average molecular weight is 324 g/mol. The van der Waals surface area contributed by atoms with Crippen LogP contribution in [0.25, 0.3) is 0 Å². The summed E-state index contributed by atoms with van der Waals surface area (Å²) in [6, 6.07) is 16.2. The lowest BCUT2D eigenvalue weighted by atomic mass is 9.90. The Morgan fingerprint density at radius 1 is 1.17 bits per heavy atom. The molecule has 1 aromatic carbocycles. The number of nitrogens with one attached hydrogen (secondary N) is 1. The van der Waals surface area contributed by atoms with E-state index in [0.717, 1.165) is 43.0 Å². The normalized spacial score (nSPS) is 16.0. The van der Waals surface area contributed by atoms with E-state index in [0.29, 0.717) is 5.92 Å². The summed E-state index contributed by atoms with van der Waals surface area (Å²) in [4.78, 5) is 4.45. The summed E-state index contributed by atoms with van der Waals surface area (Å²) >= 11 is 1.64. The van der Waals surface area contributed by atoms with E-state index >= 15 is 0 Å². The van der Waals surface area contributed by atoms with Gasteiger partial charge in [-0.2, -0.15) is 5.26 Å². The number of anilines is 1. The predicted octanol–water partition coefficient (Wildman–Crippen LogP) is 4.12. The van der Waals surface area contributed by atoms with Gasteiger partial charge in [0.05, 0.1) is 11.6 Å². The van der Waals surface area contributed by atoms with Gasteiger partial charge in [0.1, 0.15) is 5.82 Å². The molecule has 1 N–H and O–H groups in total. The van der Waals surface area contributed by atoms with Crippen molar-refractivity contribution in [2.45, 2.75) is 25.7 Å². The smallest absolute Gasteiger partial charge is 0.137 e. The molecule has 1 aliphatic heterocycles. The van der Waals surface area contributed by atoms with Gasteiger partial charge in [-0.25, -0.2) is 9.29 Å². The first kappa shape index (κ1) is 15.9. The van der Waals surface area contributed by atoms with Crippen molar-refractivity contribution in [2.75, 3.05) is 17.8 Å². The molecule has 5 heteroatoms. The molecule has 0 aliphatic carbocycles. The molecule has 0 amide bonds. The zero-order valence-electron chi connectivity index (χ0n) is 13.2. The van der Waals surface area contributed by atoms with Gasteiger partial charge in [0.2, 0.25) is 0 Å². The second-order valence-electron chi connectivity index (χ2n) is 5.79. The third-order valence-electron chi connectivity index (χ3n) is 4.13. The first-order valence-electron chi connectivity index (χ1n) is 7.86. The van der Waals surface area contributed by atoms with Gasteiger partial charge < -0.3 is 4.72 Å². The van der Waals surface area contributed by atoms with Crippen LogP contribution < -0.4 is 4.72 Å². The van der Waals surface area contributed by atoms with E-state index in [1.807, 2.05) is 37.3 Å². The molecule has 1 saturated heterocycles. The van der Waals surface area contributed by atoms with E-state index in [-0.39, 0.29) is 0 Å². The Bertz CT molecular complexity index is 685. The number of rotatable bonds is 4. The summed E-state index contributed by atoms with van der Waals surface area (Å²) < 4.78 is 5.67. The van der Waals surface area contributed by atoms with Gasteiger partial charge in [0, 0.05) is 30.9 Å². The summed E-state index contributed by atoms with van der Waals surface area (Å²) in [5.74, 6) is 1.50. The molecule has 23 heavy (non-hydrogen) atoms. The fourth-order valence-corrected chi connectivity index (χ4v) is 3.55. The lowest BCUT2D eigenvalue weighted by Gasteiger charge is -2.31. The third-order valence-corrected chi connectivity index (χ3v) is 5.06. The highest BCUT2D eigenvalue weighted by Crippen LogP contribution is 2.30. The number of aryl methyl sites for hydroxylation is 1. The molecule has 2 aromatic rings. The van der Waals surface area contributed by atoms with Crippen LogP contribution in [0.1, 0.15) is 35.6 Å². The molecule has 0 saturated carbocycles. The molecular formula is C18H20N4S. The minimum absolute atomic E-state index is 0.594. The molecule has 1 fully saturated rings. The van der Waals surface area contributed by atoms with Gasteiger partial charge in [0.15, 0.2) is 0 Å². The predicted molar refractivity (Wildman–Crippen MR) is 94.9 cm³/mol. The number of nitriles is 1. The maximum atomic E-state index is 8.87. The maximum Gasteiger partial charge on any atom is 0.137 e. The Morgan fingerprint density at radius 2 is 1.91 bits per heavy atom. The van der Waals surface area contributed by atoms with E-state index in [4.69, 9.17) is 5.26 Å². The number of nitrogens with zero attached hydrogens (tertiary/aromatic N) is 3. The second-order valence-corrected chi connectivity index (χ2v) is 6.70. The number of pyridine rings is 1. The van der Waals surface area contributed by atoms with E-state index < -0.39 is 0 Å². The Kier molecular flexibility index (Phi) is 5.16. The average Bonchev–Trinajstić information content (AvgIpc) is 2.61. The van der Waals surface area contributed by atoms with E-state index in [1.165, 1.54) is 5.56 Å². The van der Waals surface area contributed by atoms with Crippen LogP contribution in [-0.4, -0.2) is 22.4 Å². The van der Waals surface area contributed by atoms with Gasteiger partial charge in [-0.1, -0.05) is 18.2 Å². The first-order chi connectivity index (χ1) is 11.2. The monoisotopic (exact) mass is 324 g/mol. The minimum Gasteiger partial charge on any atom is -0.301 e. The highest BCUT2D eigenvalue weighted by molar-refractivity contribution is 7.98. The molecule has 0 radical (unpaired) electrons. The quantitative estimate of drug-likeness (QED) is 0.858. The van der Waals surface area contributed by atoms with Gasteiger partial charge >= 0.3 is 0 Å². The molecule has 1 aromatic heterocycles. The van der Waals surface area contributed by atoms with E-state index in [2.05, 4.69) is 32.2 Å². The van der Waals surface area contributed by atoms with Crippen LogP contribution in [0.15, 0.2) is 42.5 Å². The fourth-order valence-electron chi connectivity index (χ4n) is 2.82. The molecule has 0 atom stereocenters. The highest BCUT2D eigenvalue weighted by atomic mass is 32.2. The first-order valence-corrected chi connectivity index (χ1v) is 8.63. The molecule has 0 unspecified atom stereocenters. The number of piperidine rings is 1. The van der Waals surface area contributed by atoms with E-state index in [1.54, 1.807) is 12.1 Å². The molecular weight excluding hydrogens is 304 g/mol. The lowest BCUT2D eigenvalue weighted by molar-refractivity contribution is 0.347. The summed E-state index contributed by atoms with van der Waals surface area (Å²) in [7, 11) is 0. The van der Waals surface area contributed by atoms with Crippen molar-refractivity contribution in [3.05, 3.63) is 59.3 Å². The zero-order chi connectivity index (χ0) is 16.1. The molecule has 4 nitrogen and oxygen atoms in total. The molecule has 118 valence electrons. The topological polar surface area (TPSA) is 52.0 Å². The Balaban J connectivity index is 1.49. The third kappa shape index (κ3) is 4.25. The van der Waals surface area contributed by atoms with Crippen LogP contribution in [0.5, 0.6) is 0 Å². The number of benzene rings is 1. The van der Waals surface area contributed by atoms with Crippen molar-refractivity contribution in [3.8, 4) is 6.07 Å². The molecule has 2 heterocycles. The van der Waals surface area contributed by atoms with Crippen LogP contribution in [0.3, 0.4) is 0 Å². The second kappa shape index (κ2) is 7.49. The SMILES string of the molecule is Cc1cccc(NSN2CCC(c3ccc(C#N)cc3)CC2)n1. The number of hydrogen-bond donors (Lipinski definition) is 1. The van der Waals surface area contributed by atoms with Crippen molar-refractivity contribution in [1.29, 1.82) is 5.26 Å². The van der Waals surface area contributed by atoms with Gasteiger partial charge in [-0.05, 0) is 55.5 Å². The van der Waals surface area contributed by atoms with Crippen molar-refractivity contribution in [3.63, 3.8) is 0 Å². The fraction of sp³-hybridized carbons (Fsp3) is 0.333. The van der Waals surface area contributed by atoms with Crippen molar-refractivity contribution < 1.29 is 0 Å². The lowest BCUT2D eigenvalue weighted by Crippen LogP contribution is -2.28. The van der Waals surface area contributed by atoms with Crippen molar-refractivity contribution in [1.82, 2.24) is 9.29 Å². The Labute approximate surface area is 141 Å². The van der Waals surface area contributed by atoms with Gasteiger partial charge in [-0.15, -0.1) is 0 Å². The molecule has 0 bridgehead atoms. The van der Waals surface area contributed by atoms with Gasteiger partial charge in [0.25, 0.3) is 0 Å². The largest absolute Gasteiger partial charge is 0.301 e. The number of hydrogen-bond acceptors (Lipinski definition) is 5. The summed E-state index contributed by atoms with van der Waals surface area (Å²) in [5, 5.41) is 8.87. The summed E-state index contributed by atoms with van der Waals surface area (Å²) in [5.41, 5.74) is 3.11. The molecule has 1 aliphatic rings. The van der Waals surface area contributed by atoms with Crippen LogP contribution in [0.4, 0.5) is 5.82 Å². The Hall–Kier alpha value is -2.03. The standard InChI is InChI=1S/C18H20N4S/c1-14-3-2-4-18(20-14)21-23-22-11-9-17(10-12-22)16-7-5-15(13-19)6-8-16/h2-8,17H,9-12H2,1H3,(H,20,21). The van der Waals surface area contributed by atoms with Crippen molar-refractivity contribution in [2.24, 2.45) is 0 Å². The van der Waals surface area contributed by atoms with Crippen LogP contribution >= 0.6 is 12.1 Å². The van der Waals surface area contributed by atoms with Gasteiger partial charge in [-0.3, -0.25) is 0 Å². The van der Waals surface area contributed by atoms with Crippen LogP contribution in [0.2, 0.25) is 0 Å².